The highest BCUT2D eigenvalue weighted by atomic mass is 32.2. The predicted octanol–water partition coefficient (Wildman–Crippen LogP) is 5.51. The third-order valence-corrected chi connectivity index (χ3v) is 5.19. The second-order valence-electron chi connectivity index (χ2n) is 6.31. The second kappa shape index (κ2) is 8.12. The Labute approximate surface area is 159 Å². The van der Waals surface area contributed by atoms with Crippen LogP contribution in [0.15, 0.2) is 47.4 Å². The van der Waals surface area contributed by atoms with Crippen molar-refractivity contribution in [3.63, 3.8) is 0 Å². The van der Waals surface area contributed by atoms with Gasteiger partial charge in [0.15, 0.2) is 0 Å². The highest BCUT2D eigenvalue weighted by Crippen LogP contribution is 2.38. The van der Waals surface area contributed by atoms with E-state index in [1.54, 1.807) is 12.1 Å². The van der Waals surface area contributed by atoms with Crippen molar-refractivity contribution in [3.05, 3.63) is 53.6 Å². The first-order valence-electron chi connectivity index (χ1n) is 8.57. The van der Waals surface area contributed by atoms with Crippen LogP contribution in [0.4, 0.5) is 24.5 Å². The van der Waals surface area contributed by atoms with Gasteiger partial charge in [-0.05, 0) is 67.6 Å². The molecule has 1 heterocycles. The van der Waals surface area contributed by atoms with Gasteiger partial charge in [-0.15, -0.1) is 0 Å². The van der Waals surface area contributed by atoms with Gasteiger partial charge in [0.25, 0.3) is 0 Å². The molecule has 0 unspecified atom stereocenters. The van der Waals surface area contributed by atoms with E-state index in [9.17, 15) is 18.0 Å². The van der Waals surface area contributed by atoms with Crippen molar-refractivity contribution in [2.24, 2.45) is 0 Å². The number of carboxylic acids is 1. The van der Waals surface area contributed by atoms with Gasteiger partial charge in [-0.1, -0.05) is 6.07 Å². The molecule has 1 fully saturated rings. The lowest BCUT2D eigenvalue weighted by atomic mass is 10.1. The Kier molecular flexibility index (Phi) is 5.84. The second-order valence-corrected chi connectivity index (χ2v) is 7.19. The van der Waals surface area contributed by atoms with E-state index in [1.807, 2.05) is 0 Å². The van der Waals surface area contributed by atoms with Gasteiger partial charge in [-0.3, -0.25) is 0 Å². The third-order valence-electron chi connectivity index (χ3n) is 4.38. The Bertz CT molecular complexity index is 821. The zero-order valence-corrected chi connectivity index (χ0v) is 15.2. The van der Waals surface area contributed by atoms with E-state index in [2.05, 4.69) is 9.62 Å². The Morgan fingerprint density at radius 1 is 1.07 bits per heavy atom. The fourth-order valence-corrected chi connectivity index (χ4v) is 3.74. The van der Waals surface area contributed by atoms with Crippen LogP contribution in [0, 0.1) is 0 Å². The molecule has 144 valence electrons. The van der Waals surface area contributed by atoms with Gasteiger partial charge < -0.3 is 14.7 Å². The first-order valence-corrected chi connectivity index (χ1v) is 9.38. The molecular formula is C19H19F3N2O2S. The van der Waals surface area contributed by atoms with E-state index >= 15 is 0 Å². The minimum absolute atomic E-state index is 0.127. The first kappa shape index (κ1) is 19.4. The minimum atomic E-state index is -4.43. The van der Waals surface area contributed by atoms with E-state index < -0.39 is 17.7 Å². The number of nitrogens with zero attached hydrogens (tertiary/aromatic N) is 1. The molecule has 1 aliphatic heterocycles. The van der Waals surface area contributed by atoms with E-state index in [0.29, 0.717) is 10.6 Å². The lowest BCUT2D eigenvalue weighted by molar-refractivity contribution is -0.137. The van der Waals surface area contributed by atoms with Gasteiger partial charge in [0.2, 0.25) is 0 Å². The number of carboxylic acid groups (broad SMARTS) is 1. The standard InChI is InChI=1S/C19H19F3N2O2S/c20-19(21,22)14-7-8-17(24-9-2-1-3-10-24)16(12-14)23-27-15-6-4-5-13(11-15)18(25)26/h4-8,11-12,23H,1-3,9-10H2,(H,25,26). The van der Waals surface area contributed by atoms with Crippen LogP contribution in [0.25, 0.3) is 0 Å². The summed E-state index contributed by atoms with van der Waals surface area (Å²) in [6.45, 7) is 1.61. The maximum atomic E-state index is 13.1. The summed E-state index contributed by atoms with van der Waals surface area (Å²) in [6.07, 6.45) is -1.29. The van der Waals surface area contributed by atoms with Crippen molar-refractivity contribution in [1.29, 1.82) is 0 Å². The maximum absolute atomic E-state index is 13.1. The summed E-state index contributed by atoms with van der Waals surface area (Å²) in [4.78, 5) is 13.8. The molecule has 1 saturated heterocycles. The lowest BCUT2D eigenvalue weighted by Gasteiger charge is -2.31. The average molecular weight is 396 g/mol. The van der Waals surface area contributed by atoms with Gasteiger partial charge in [0.1, 0.15) is 0 Å². The molecular weight excluding hydrogens is 377 g/mol. The summed E-state index contributed by atoms with van der Waals surface area (Å²) in [5.74, 6) is -1.05. The molecule has 27 heavy (non-hydrogen) atoms. The van der Waals surface area contributed by atoms with Gasteiger partial charge in [0, 0.05) is 18.0 Å². The maximum Gasteiger partial charge on any atom is 0.416 e. The van der Waals surface area contributed by atoms with Gasteiger partial charge in [0.05, 0.1) is 22.5 Å². The highest BCUT2D eigenvalue weighted by Gasteiger charge is 2.31. The summed E-state index contributed by atoms with van der Waals surface area (Å²) in [5, 5.41) is 9.07. The minimum Gasteiger partial charge on any atom is -0.478 e. The summed E-state index contributed by atoms with van der Waals surface area (Å²) in [7, 11) is 0. The van der Waals surface area contributed by atoms with Crippen molar-refractivity contribution in [3.8, 4) is 0 Å². The van der Waals surface area contributed by atoms with Crippen molar-refractivity contribution < 1.29 is 23.1 Å². The number of benzene rings is 2. The highest BCUT2D eigenvalue weighted by molar-refractivity contribution is 8.00. The van der Waals surface area contributed by atoms with E-state index in [4.69, 9.17) is 5.11 Å². The predicted molar refractivity (Wildman–Crippen MR) is 100 cm³/mol. The summed E-state index contributed by atoms with van der Waals surface area (Å²) in [5.41, 5.74) is 0.509. The molecule has 4 nitrogen and oxygen atoms in total. The number of rotatable bonds is 5. The quantitative estimate of drug-likeness (QED) is 0.653. The molecule has 0 spiro atoms. The van der Waals surface area contributed by atoms with Crippen LogP contribution >= 0.6 is 11.9 Å². The third kappa shape index (κ3) is 4.88. The Morgan fingerprint density at radius 2 is 1.81 bits per heavy atom. The Morgan fingerprint density at radius 3 is 2.48 bits per heavy atom. The fourth-order valence-electron chi connectivity index (χ4n) is 3.01. The molecule has 0 atom stereocenters. The number of hydrogen-bond donors (Lipinski definition) is 2. The van der Waals surface area contributed by atoms with E-state index in [-0.39, 0.29) is 5.56 Å². The van der Waals surface area contributed by atoms with Gasteiger partial charge >= 0.3 is 12.1 Å². The van der Waals surface area contributed by atoms with Crippen LogP contribution < -0.4 is 9.62 Å². The number of hydrogen-bond acceptors (Lipinski definition) is 4. The normalized spacial score (nSPS) is 14.9. The topological polar surface area (TPSA) is 52.6 Å². The molecule has 8 heteroatoms. The number of aromatic carboxylic acids is 1. The van der Waals surface area contributed by atoms with Crippen molar-refractivity contribution in [1.82, 2.24) is 0 Å². The molecule has 3 rings (SSSR count). The number of piperidine rings is 1. The number of halogens is 3. The number of carbonyl (C=O) groups is 1. The average Bonchev–Trinajstić information content (AvgIpc) is 2.66. The summed E-state index contributed by atoms with van der Waals surface area (Å²) < 4.78 is 42.4. The molecule has 0 aromatic heterocycles. The lowest BCUT2D eigenvalue weighted by Crippen LogP contribution is -2.30. The van der Waals surface area contributed by atoms with E-state index in [1.165, 1.54) is 18.2 Å². The number of anilines is 2. The van der Waals surface area contributed by atoms with Gasteiger partial charge in [-0.2, -0.15) is 13.2 Å². The SMILES string of the molecule is O=C(O)c1cccc(SNc2cc(C(F)(F)F)ccc2N2CCCCC2)c1. The van der Waals surface area contributed by atoms with Gasteiger partial charge in [-0.25, -0.2) is 4.79 Å². The van der Waals surface area contributed by atoms with E-state index in [0.717, 1.165) is 62.1 Å². The number of alkyl halides is 3. The van der Waals surface area contributed by atoms with Crippen LogP contribution in [-0.4, -0.2) is 24.2 Å². The Hall–Kier alpha value is -2.35. The van der Waals surface area contributed by atoms with Crippen LogP contribution in [0.1, 0.15) is 35.2 Å². The molecule has 2 N–H and O–H groups in total. The monoisotopic (exact) mass is 396 g/mol. The summed E-state index contributed by atoms with van der Waals surface area (Å²) in [6, 6.07) is 9.97. The number of nitrogens with one attached hydrogen (secondary N) is 1. The first-order chi connectivity index (χ1) is 12.8. The van der Waals surface area contributed by atoms with Crippen LogP contribution in [0.3, 0.4) is 0 Å². The zero-order valence-electron chi connectivity index (χ0n) is 14.4. The van der Waals surface area contributed by atoms with Crippen molar-refractivity contribution in [2.75, 3.05) is 22.7 Å². The van der Waals surface area contributed by atoms with Crippen molar-refractivity contribution >= 4 is 29.3 Å². The summed E-state index contributed by atoms with van der Waals surface area (Å²) >= 11 is 1.10. The molecule has 2 aromatic carbocycles. The molecule has 0 amide bonds. The van der Waals surface area contributed by atoms with Crippen LogP contribution in [-0.2, 0) is 6.18 Å². The molecule has 1 aliphatic rings. The molecule has 2 aromatic rings. The zero-order chi connectivity index (χ0) is 19.4. The van der Waals surface area contributed by atoms with Crippen LogP contribution in [0.5, 0.6) is 0 Å². The fraction of sp³-hybridized carbons (Fsp3) is 0.316. The molecule has 0 aliphatic carbocycles. The molecule has 0 radical (unpaired) electrons. The molecule has 0 bridgehead atoms. The largest absolute Gasteiger partial charge is 0.478 e. The van der Waals surface area contributed by atoms with Crippen LogP contribution in [0.2, 0.25) is 0 Å². The van der Waals surface area contributed by atoms with Crippen molar-refractivity contribution in [2.45, 2.75) is 30.3 Å². The molecule has 0 saturated carbocycles. The smallest absolute Gasteiger partial charge is 0.416 e. The Balaban J connectivity index is 1.86.